The van der Waals surface area contributed by atoms with Crippen LogP contribution in [0.15, 0.2) is 12.1 Å². The van der Waals surface area contributed by atoms with Crippen LogP contribution in [0, 0.1) is 6.92 Å². The zero-order valence-electron chi connectivity index (χ0n) is 9.19. The smallest absolute Gasteiger partial charge is 0.0731 e. The summed E-state index contributed by atoms with van der Waals surface area (Å²) >= 11 is 6.20. The number of aromatic nitrogens is 1. The van der Waals surface area contributed by atoms with Crippen molar-refractivity contribution in [3.8, 4) is 0 Å². The van der Waals surface area contributed by atoms with Crippen LogP contribution in [-0.2, 0) is 0 Å². The van der Waals surface area contributed by atoms with E-state index in [4.69, 9.17) is 17.3 Å². The van der Waals surface area contributed by atoms with Crippen molar-refractivity contribution in [1.29, 1.82) is 0 Å². The average Bonchev–Trinajstić information content (AvgIpc) is 2.50. The summed E-state index contributed by atoms with van der Waals surface area (Å²) in [6.45, 7) is 6.41. The first kappa shape index (κ1) is 10.4. The molecule has 0 aliphatic carbocycles. The number of fused-ring (bicyclic) bond motifs is 1. The fourth-order valence-electron chi connectivity index (χ4n) is 2.01. The van der Waals surface area contributed by atoms with Crippen molar-refractivity contribution in [1.82, 2.24) is 4.98 Å². The third-order valence-electron chi connectivity index (χ3n) is 2.80. The second-order valence-corrected chi connectivity index (χ2v) is 4.59. The third kappa shape index (κ3) is 1.49. The van der Waals surface area contributed by atoms with E-state index in [0.29, 0.717) is 16.6 Å². The van der Waals surface area contributed by atoms with Crippen molar-refractivity contribution in [3.05, 3.63) is 28.4 Å². The number of benzene rings is 1. The lowest BCUT2D eigenvalue weighted by molar-refractivity contribution is 0.828. The molecule has 0 spiro atoms. The van der Waals surface area contributed by atoms with E-state index in [9.17, 15) is 0 Å². The number of nitrogens with two attached hydrogens (primary N) is 1. The van der Waals surface area contributed by atoms with Gasteiger partial charge in [-0.25, -0.2) is 0 Å². The molecule has 0 aliphatic heterocycles. The summed E-state index contributed by atoms with van der Waals surface area (Å²) in [4.78, 5) is 3.39. The Balaban J connectivity index is 2.83. The topological polar surface area (TPSA) is 41.8 Å². The van der Waals surface area contributed by atoms with E-state index in [0.717, 1.165) is 10.9 Å². The second kappa shape index (κ2) is 3.46. The van der Waals surface area contributed by atoms with Crippen LogP contribution in [0.2, 0.25) is 5.02 Å². The van der Waals surface area contributed by atoms with Crippen molar-refractivity contribution in [2.45, 2.75) is 26.7 Å². The molecule has 0 saturated carbocycles. The summed E-state index contributed by atoms with van der Waals surface area (Å²) in [5.74, 6) is 0.467. The lowest BCUT2D eigenvalue weighted by Crippen LogP contribution is -1.89. The maximum Gasteiger partial charge on any atom is 0.0731 e. The van der Waals surface area contributed by atoms with Gasteiger partial charge in [0.05, 0.1) is 10.7 Å². The number of halogens is 1. The number of H-pyrrole nitrogens is 1. The SMILES string of the molecule is Cc1c(C(C)C)[nH]c2ccc(N)c(Cl)c12. The van der Waals surface area contributed by atoms with Crippen LogP contribution in [0.4, 0.5) is 5.69 Å². The molecule has 0 atom stereocenters. The molecule has 0 radical (unpaired) electrons. The van der Waals surface area contributed by atoms with Crippen LogP contribution in [0.1, 0.15) is 31.0 Å². The molecule has 15 heavy (non-hydrogen) atoms. The maximum absolute atomic E-state index is 6.20. The molecule has 0 unspecified atom stereocenters. The number of hydrogen-bond donors (Lipinski definition) is 2. The van der Waals surface area contributed by atoms with Crippen LogP contribution in [0.25, 0.3) is 10.9 Å². The largest absolute Gasteiger partial charge is 0.398 e. The highest BCUT2D eigenvalue weighted by molar-refractivity contribution is 6.38. The summed E-state index contributed by atoms with van der Waals surface area (Å²) in [5, 5.41) is 1.72. The molecule has 0 bridgehead atoms. The van der Waals surface area contributed by atoms with Gasteiger partial charge < -0.3 is 10.7 Å². The molecule has 0 saturated heterocycles. The van der Waals surface area contributed by atoms with Crippen LogP contribution in [0.3, 0.4) is 0 Å². The molecule has 0 aliphatic rings. The molecule has 1 heterocycles. The molecule has 1 aromatic carbocycles. The Hall–Kier alpha value is -1.15. The fraction of sp³-hybridized carbons (Fsp3) is 0.333. The highest BCUT2D eigenvalue weighted by Crippen LogP contribution is 2.35. The molecule has 2 rings (SSSR count). The van der Waals surface area contributed by atoms with Gasteiger partial charge in [0.1, 0.15) is 0 Å². The number of nitrogens with one attached hydrogen (secondary N) is 1. The van der Waals surface area contributed by atoms with E-state index in [1.807, 2.05) is 12.1 Å². The van der Waals surface area contributed by atoms with E-state index >= 15 is 0 Å². The Morgan fingerprint density at radius 1 is 1.33 bits per heavy atom. The van der Waals surface area contributed by atoms with Gasteiger partial charge >= 0.3 is 0 Å². The summed E-state index contributed by atoms with van der Waals surface area (Å²) in [7, 11) is 0. The first-order valence-corrected chi connectivity index (χ1v) is 5.46. The van der Waals surface area contributed by atoms with Gasteiger partial charge in [0.25, 0.3) is 0 Å². The highest BCUT2D eigenvalue weighted by Gasteiger charge is 2.13. The molecular weight excluding hydrogens is 208 g/mol. The molecule has 3 heteroatoms. The zero-order valence-corrected chi connectivity index (χ0v) is 9.94. The van der Waals surface area contributed by atoms with Crippen molar-refractivity contribution >= 4 is 28.2 Å². The van der Waals surface area contributed by atoms with Gasteiger partial charge in [-0.05, 0) is 30.5 Å². The number of rotatable bonds is 1. The first-order chi connectivity index (χ1) is 7.02. The molecule has 2 aromatic rings. The standard InChI is InChI=1S/C12H15ClN2/c1-6(2)12-7(3)10-9(15-12)5-4-8(14)11(10)13/h4-6,15H,14H2,1-3H3. The fourth-order valence-corrected chi connectivity index (χ4v) is 2.32. The lowest BCUT2D eigenvalue weighted by atomic mass is 10.0. The number of anilines is 1. The van der Waals surface area contributed by atoms with Gasteiger partial charge in [-0.2, -0.15) is 0 Å². The molecular formula is C12H15ClN2. The zero-order chi connectivity index (χ0) is 11.2. The Morgan fingerprint density at radius 3 is 2.60 bits per heavy atom. The Kier molecular flexibility index (Phi) is 2.39. The molecule has 1 aromatic heterocycles. The molecule has 0 fully saturated rings. The Morgan fingerprint density at radius 2 is 2.00 bits per heavy atom. The van der Waals surface area contributed by atoms with E-state index in [-0.39, 0.29) is 0 Å². The van der Waals surface area contributed by atoms with Crippen molar-refractivity contribution < 1.29 is 0 Å². The molecule has 2 nitrogen and oxygen atoms in total. The predicted octanol–water partition coefficient (Wildman–Crippen LogP) is 3.84. The van der Waals surface area contributed by atoms with Gasteiger partial charge in [0.15, 0.2) is 0 Å². The van der Waals surface area contributed by atoms with Crippen LogP contribution in [0.5, 0.6) is 0 Å². The first-order valence-electron chi connectivity index (χ1n) is 5.08. The third-order valence-corrected chi connectivity index (χ3v) is 3.20. The summed E-state index contributed by atoms with van der Waals surface area (Å²) < 4.78 is 0. The monoisotopic (exact) mass is 222 g/mol. The molecule has 0 amide bonds. The highest BCUT2D eigenvalue weighted by atomic mass is 35.5. The van der Waals surface area contributed by atoms with E-state index in [2.05, 4.69) is 25.8 Å². The van der Waals surface area contributed by atoms with Gasteiger partial charge in [-0.15, -0.1) is 0 Å². The van der Waals surface area contributed by atoms with Gasteiger partial charge in [0, 0.05) is 16.6 Å². The molecule has 3 N–H and O–H groups in total. The number of nitrogen functional groups attached to an aromatic ring is 1. The minimum absolute atomic E-state index is 0.467. The normalized spacial score (nSPS) is 11.5. The van der Waals surface area contributed by atoms with E-state index < -0.39 is 0 Å². The molecule has 80 valence electrons. The average molecular weight is 223 g/mol. The maximum atomic E-state index is 6.20. The minimum Gasteiger partial charge on any atom is -0.398 e. The van der Waals surface area contributed by atoms with E-state index in [1.165, 1.54) is 11.3 Å². The van der Waals surface area contributed by atoms with Crippen molar-refractivity contribution in [3.63, 3.8) is 0 Å². The van der Waals surface area contributed by atoms with Gasteiger partial charge in [0.2, 0.25) is 0 Å². The Labute approximate surface area is 94.4 Å². The van der Waals surface area contributed by atoms with Crippen molar-refractivity contribution in [2.24, 2.45) is 0 Å². The quantitative estimate of drug-likeness (QED) is 0.708. The number of aryl methyl sites for hydroxylation is 1. The van der Waals surface area contributed by atoms with Gasteiger partial charge in [-0.3, -0.25) is 0 Å². The minimum atomic E-state index is 0.467. The Bertz CT molecular complexity index is 512. The predicted molar refractivity (Wildman–Crippen MR) is 66.5 cm³/mol. The van der Waals surface area contributed by atoms with Crippen LogP contribution < -0.4 is 5.73 Å². The summed E-state index contributed by atoms with van der Waals surface area (Å²) in [6, 6.07) is 3.82. The number of aromatic amines is 1. The second-order valence-electron chi connectivity index (χ2n) is 4.21. The lowest BCUT2D eigenvalue weighted by Gasteiger charge is -2.03. The van der Waals surface area contributed by atoms with E-state index in [1.54, 1.807) is 0 Å². The van der Waals surface area contributed by atoms with Gasteiger partial charge in [-0.1, -0.05) is 25.4 Å². The number of hydrogen-bond acceptors (Lipinski definition) is 1. The summed E-state index contributed by atoms with van der Waals surface area (Å²) in [5.41, 5.74) is 9.94. The van der Waals surface area contributed by atoms with Crippen LogP contribution >= 0.6 is 11.6 Å². The summed E-state index contributed by atoms with van der Waals surface area (Å²) in [6.07, 6.45) is 0. The van der Waals surface area contributed by atoms with Crippen molar-refractivity contribution in [2.75, 3.05) is 5.73 Å². The van der Waals surface area contributed by atoms with Crippen LogP contribution in [-0.4, -0.2) is 4.98 Å².